The molecule has 0 aliphatic carbocycles. The number of methoxy groups -OCH3 is 1. The van der Waals surface area contributed by atoms with Gasteiger partial charge in [-0.3, -0.25) is 4.99 Å². The molecule has 1 aromatic heterocycles. The number of hydrogen-bond acceptors (Lipinski definition) is 5. The molecule has 0 spiro atoms. The van der Waals surface area contributed by atoms with Crippen molar-refractivity contribution >= 4 is 29.9 Å². The second kappa shape index (κ2) is 9.67. The van der Waals surface area contributed by atoms with Gasteiger partial charge in [-0.2, -0.15) is 5.10 Å². The Bertz CT molecular complexity index is 577. The van der Waals surface area contributed by atoms with Gasteiger partial charge in [0.15, 0.2) is 11.8 Å². The fourth-order valence-electron chi connectivity index (χ4n) is 3.49. The molecule has 9 heteroatoms. The van der Waals surface area contributed by atoms with Gasteiger partial charge >= 0.3 is 0 Å². The van der Waals surface area contributed by atoms with E-state index < -0.39 is 0 Å². The zero-order chi connectivity index (χ0) is 16.9. The molecule has 0 radical (unpaired) electrons. The number of aliphatic imine (C=N–C) groups is 1. The molecule has 2 unspecified atom stereocenters. The first kappa shape index (κ1) is 20.4. The molecule has 0 amide bonds. The third-order valence-electron chi connectivity index (χ3n) is 4.79. The fraction of sp³-hybridized carbons (Fsp3) is 0.812. The van der Waals surface area contributed by atoms with Crippen LogP contribution in [0, 0.1) is 5.92 Å². The molecule has 2 atom stereocenters. The van der Waals surface area contributed by atoms with E-state index in [4.69, 9.17) is 4.74 Å². The topological polar surface area (TPSA) is 79.6 Å². The lowest BCUT2D eigenvalue weighted by molar-refractivity contribution is 0.177. The molecule has 2 aliphatic rings. The summed E-state index contributed by atoms with van der Waals surface area (Å²) in [6.45, 7) is 4.62. The number of ether oxygens (including phenoxy) is 1. The maximum atomic E-state index is 5.12. The van der Waals surface area contributed by atoms with Crippen LogP contribution in [0.1, 0.15) is 24.5 Å². The SMILES string of the molecule is CN=C(NCC1CCN(C)C1)NC1CCc2nc(COC)nn2C1.I. The predicted molar refractivity (Wildman–Crippen MR) is 108 cm³/mol. The summed E-state index contributed by atoms with van der Waals surface area (Å²) in [5.74, 6) is 3.41. The number of guanidine groups is 1. The van der Waals surface area contributed by atoms with E-state index in [1.807, 2.05) is 11.7 Å². The van der Waals surface area contributed by atoms with Gasteiger partial charge < -0.3 is 20.3 Å². The van der Waals surface area contributed by atoms with E-state index in [-0.39, 0.29) is 24.0 Å². The normalized spacial score (nSPS) is 23.9. The molecule has 3 heterocycles. The highest BCUT2D eigenvalue weighted by Crippen LogP contribution is 2.14. The lowest BCUT2D eigenvalue weighted by Gasteiger charge is -2.26. The van der Waals surface area contributed by atoms with Gasteiger partial charge in [0.25, 0.3) is 0 Å². The Kier molecular flexibility index (Phi) is 7.88. The molecule has 2 aliphatic heterocycles. The molecule has 0 saturated carbocycles. The predicted octanol–water partition coefficient (Wildman–Crippen LogP) is 0.474. The van der Waals surface area contributed by atoms with Crippen LogP contribution < -0.4 is 10.6 Å². The number of fused-ring (bicyclic) bond motifs is 1. The Morgan fingerprint density at radius 2 is 2.20 bits per heavy atom. The van der Waals surface area contributed by atoms with Crippen molar-refractivity contribution in [2.75, 3.05) is 40.8 Å². The zero-order valence-electron chi connectivity index (χ0n) is 15.4. The van der Waals surface area contributed by atoms with Crippen LogP contribution in [-0.2, 0) is 24.3 Å². The molecule has 0 bridgehead atoms. The van der Waals surface area contributed by atoms with Crippen molar-refractivity contribution in [1.82, 2.24) is 30.3 Å². The summed E-state index contributed by atoms with van der Waals surface area (Å²) in [6, 6.07) is 0.326. The van der Waals surface area contributed by atoms with Gasteiger partial charge in [0, 0.05) is 39.7 Å². The molecule has 8 nitrogen and oxygen atoms in total. The minimum Gasteiger partial charge on any atom is -0.377 e. The third kappa shape index (κ3) is 5.52. The summed E-state index contributed by atoms with van der Waals surface area (Å²) in [5.41, 5.74) is 0. The van der Waals surface area contributed by atoms with E-state index in [9.17, 15) is 0 Å². The van der Waals surface area contributed by atoms with Crippen LogP contribution in [0.2, 0.25) is 0 Å². The van der Waals surface area contributed by atoms with Crippen LogP contribution in [0.3, 0.4) is 0 Å². The smallest absolute Gasteiger partial charge is 0.191 e. The summed E-state index contributed by atoms with van der Waals surface area (Å²) in [5, 5.41) is 11.5. The number of nitrogens with one attached hydrogen (secondary N) is 2. The van der Waals surface area contributed by atoms with E-state index in [0.717, 1.165) is 50.1 Å². The Labute approximate surface area is 166 Å². The van der Waals surface area contributed by atoms with Crippen molar-refractivity contribution in [1.29, 1.82) is 0 Å². The molecule has 2 N–H and O–H groups in total. The number of hydrogen-bond donors (Lipinski definition) is 2. The van der Waals surface area contributed by atoms with Crippen LogP contribution in [-0.4, -0.2) is 72.5 Å². The van der Waals surface area contributed by atoms with E-state index in [1.165, 1.54) is 13.0 Å². The molecule has 142 valence electrons. The maximum absolute atomic E-state index is 5.12. The highest BCUT2D eigenvalue weighted by Gasteiger charge is 2.23. The number of rotatable bonds is 5. The van der Waals surface area contributed by atoms with Crippen molar-refractivity contribution in [2.24, 2.45) is 10.9 Å². The van der Waals surface area contributed by atoms with Gasteiger partial charge in [-0.25, -0.2) is 9.67 Å². The maximum Gasteiger partial charge on any atom is 0.191 e. The average molecular weight is 463 g/mol. The molecule has 0 aromatic carbocycles. The molecule has 1 aromatic rings. The van der Waals surface area contributed by atoms with Gasteiger partial charge in [-0.1, -0.05) is 0 Å². The zero-order valence-corrected chi connectivity index (χ0v) is 17.7. The van der Waals surface area contributed by atoms with Gasteiger partial charge in [-0.05, 0) is 32.4 Å². The number of nitrogens with zero attached hydrogens (tertiary/aromatic N) is 5. The van der Waals surface area contributed by atoms with Crippen LogP contribution in [0.15, 0.2) is 4.99 Å². The summed E-state index contributed by atoms with van der Waals surface area (Å²) >= 11 is 0. The molecular formula is C16H30IN7O. The largest absolute Gasteiger partial charge is 0.377 e. The molecule has 1 fully saturated rings. The first-order chi connectivity index (χ1) is 11.7. The third-order valence-corrected chi connectivity index (χ3v) is 4.79. The number of aryl methyl sites for hydroxylation is 1. The van der Waals surface area contributed by atoms with Crippen LogP contribution >= 0.6 is 24.0 Å². The second-order valence-electron chi connectivity index (χ2n) is 6.81. The molecule has 25 heavy (non-hydrogen) atoms. The van der Waals surface area contributed by atoms with Crippen molar-refractivity contribution in [3.63, 3.8) is 0 Å². The van der Waals surface area contributed by atoms with Crippen LogP contribution in [0.5, 0.6) is 0 Å². The molecule has 1 saturated heterocycles. The quantitative estimate of drug-likeness (QED) is 0.376. The van der Waals surface area contributed by atoms with Gasteiger partial charge in [0.1, 0.15) is 12.4 Å². The molecule has 3 rings (SSSR count). The summed E-state index contributed by atoms with van der Waals surface area (Å²) in [4.78, 5) is 11.3. The lowest BCUT2D eigenvalue weighted by Crippen LogP contribution is -2.48. The first-order valence-corrected chi connectivity index (χ1v) is 8.75. The van der Waals surface area contributed by atoms with Gasteiger partial charge in [0.2, 0.25) is 0 Å². The standard InChI is InChI=1S/C16H29N7O.HI/c1-17-16(18-8-12-6-7-22(2)9-12)19-13-4-5-15-20-14(11-24-3)21-23(15)10-13;/h12-13H,4-11H2,1-3H3,(H2,17,18,19);1H. The van der Waals surface area contributed by atoms with Crippen molar-refractivity contribution in [3.8, 4) is 0 Å². The highest BCUT2D eigenvalue weighted by molar-refractivity contribution is 14.0. The van der Waals surface area contributed by atoms with E-state index in [1.54, 1.807) is 7.11 Å². The van der Waals surface area contributed by atoms with Crippen LogP contribution in [0.25, 0.3) is 0 Å². The minimum atomic E-state index is 0. The van der Waals surface area contributed by atoms with Crippen molar-refractivity contribution in [2.45, 2.75) is 38.5 Å². The van der Waals surface area contributed by atoms with E-state index in [2.05, 4.69) is 37.7 Å². The van der Waals surface area contributed by atoms with Gasteiger partial charge in [0.05, 0.1) is 6.54 Å². The van der Waals surface area contributed by atoms with E-state index in [0.29, 0.717) is 18.6 Å². The number of halogens is 1. The Balaban J connectivity index is 0.00000225. The summed E-state index contributed by atoms with van der Waals surface area (Å²) in [6.07, 6.45) is 3.23. The number of likely N-dealkylation sites (tertiary alicyclic amines) is 1. The number of aromatic nitrogens is 3. The summed E-state index contributed by atoms with van der Waals surface area (Å²) in [7, 11) is 5.68. The minimum absolute atomic E-state index is 0. The highest BCUT2D eigenvalue weighted by atomic mass is 127. The van der Waals surface area contributed by atoms with Crippen molar-refractivity contribution in [3.05, 3.63) is 11.6 Å². The monoisotopic (exact) mass is 463 g/mol. The van der Waals surface area contributed by atoms with E-state index >= 15 is 0 Å². The van der Waals surface area contributed by atoms with Gasteiger partial charge in [-0.15, -0.1) is 24.0 Å². The second-order valence-corrected chi connectivity index (χ2v) is 6.81. The van der Waals surface area contributed by atoms with Crippen molar-refractivity contribution < 1.29 is 4.74 Å². The first-order valence-electron chi connectivity index (χ1n) is 8.75. The summed E-state index contributed by atoms with van der Waals surface area (Å²) < 4.78 is 7.11. The van der Waals surface area contributed by atoms with Crippen LogP contribution in [0.4, 0.5) is 0 Å². The molecular weight excluding hydrogens is 433 g/mol. The lowest BCUT2D eigenvalue weighted by atomic mass is 10.1. The fourth-order valence-corrected chi connectivity index (χ4v) is 3.49. The Hall–Kier alpha value is -0.940. The Morgan fingerprint density at radius 3 is 2.88 bits per heavy atom. The average Bonchev–Trinajstić information content (AvgIpc) is 3.16. The Morgan fingerprint density at radius 1 is 1.36 bits per heavy atom.